The first-order valence-electron chi connectivity index (χ1n) is 6.03. The second-order valence-corrected chi connectivity index (χ2v) is 4.39. The highest BCUT2D eigenvalue weighted by Crippen LogP contribution is 2.26. The topological polar surface area (TPSA) is 77.8 Å². The molecule has 0 fully saturated rings. The summed E-state index contributed by atoms with van der Waals surface area (Å²) < 4.78 is 0. The fraction of sp³-hybridized carbons (Fsp3) is 0.286. The van der Waals surface area contributed by atoms with Crippen LogP contribution in [0.15, 0.2) is 30.7 Å². The highest BCUT2D eigenvalue weighted by Gasteiger charge is 2.15. The van der Waals surface area contributed by atoms with Gasteiger partial charge >= 0.3 is 0 Å². The van der Waals surface area contributed by atoms with Gasteiger partial charge in [-0.05, 0) is 42.2 Å². The summed E-state index contributed by atoms with van der Waals surface area (Å²) in [5.41, 5.74) is 16.4. The van der Waals surface area contributed by atoms with Crippen molar-refractivity contribution in [3.8, 4) is 0 Å². The molecule has 0 bridgehead atoms. The monoisotopic (exact) mass is 242 g/mol. The Morgan fingerprint density at radius 2 is 2.06 bits per heavy atom. The molecule has 18 heavy (non-hydrogen) atoms. The first-order valence-corrected chi connectivity index (χ1v) is 6.03. The van der Waals surface area contributed by atoms with Gasteiger partial charge in [-0.3, -0.25) is 4.98 Å². The number of pyridine rings is 2. The van der Waals surface area contributed by atoms with Crippen LogP contribution in [0.4, 0.5) is 5.82 Å². The van der Waals surface area contributed by atoms with Gasteiger partial charge in [0.25, 0.3) is 0 Å². The van der Waals surface area contributed by atoms with Crippen LogP contribution in [0.2, 0.25) is 0 Å². The number of hydrogen-bond acceptors (Lipinski definition) is 4. The summed E-state index contributed by atoms with van der Waals surface area (Å²) in [4.78, 5) is 8.29. The molecule has 1 atom stereocenters. The number of aryl methyl sites for hydroxylation is 2. The first-order chi connectivity index (χ1) is 8.63. The molecule has 0 aliphatic heterocycles. The third-order valence-electron chi connectivity index (χ3n) is 3.08. The Bertz CT molecular complexity index is 551. The molecule has 0 spiro atoms. The van der Waals surface area contributed by atoms with E-state index < -0.39 is 0 Å². The molecular formula is C14H18N4. The van der Waals surface area contributed by atoms with Crippen LogP contribution in [0.3, 0.4) is 0 Å². The van der Waals surface area contributed by atoms with E-state index in [1.807, 2.05) is 25.3 Å². The Balaban J connectivity index is 2.47. The van der Waals surface area contributed by atoms with Crippen molar-refractivity contribution in [3.05, 3.63) is 53.0 Å². The van der Waals surface area contributed by atoms with Crippen LogP contribution in [0.25, 0.3) is 0 Å². The summed E-state index contributed by atoms with van der Waals surface area (Å²) in [6, 6.07) is 3.69. The minimum absolute atomic E-state index is 0.254. The Labute approximate surface area is 107 Å². The molecule has 0 aliphatic rings. The van der Waals surface area contributed by atoms with E-state index in [0.29, 0.717) is 5.82 Å². The fourth-order valence-corrected chi connectivity index (χ4v) is 2.06. The molecule has 2 heterocycles. The van der Waals surface area contributed by atoms with Gasteiger partial charge in [0.1, 0.15) is 5.82 Å². The molecule has 4 heteroatoms. The van der Waals surface area contributed by atoms with Gasteiger partial charge in [0, 0.05) is 24.2 Å². The maximum atomic E-state index is 6.31. The summed E-state index contributed by atoms with van der Waals surface area (Å²) in [6.45, 7) is 4.07. The Kier molecular flexibility index (Phi) is 3.58. The lowest BCUT2D eigenvalue weighted by Gasteiger charge is -2.17. The van der Waals surface area contributed by atoms with E-state index in [9.17, 15) is 0 Å². The van der Waals surface area contributed by atoms with Crippen molar-refractivity contribution in [1.29, 1.82) is 0 Å². The highest BCUT2D eigenvalue weighted by atomic mass is 14.8. The van der Waals surface area contributed by atoms with Crippen LogP contribution in [0, 0.1) is 6.92 Å². The maximum absolute atomic E-state index is 6.31. The van der Waals surface area contributed by atoms with Gasteiger partial charge in [-0.1, -0.05) is 6.92 Å². The molecule has 0 radical (unpaired) electrons. The molecule has 2 aromatic rings. The average Bonchev–Trinajstić information content (AvgIpc) is 2.40. The first kappa shape index (κ1) is 12.5. The lowest BCUT2D eigenvalue weighted by molar-refractivity contribution is 0.839. The summed E-state index contributed by atoms with van der Waals surface area (Å²) in [7, 11) is 0. The molecule has 94 valence electrons. The van der Waals surface area contributed by atoms with Gasteiger partial charge in [0.05, 0.1) is 6.04 Å². The van der Waals surface area contributed by atoms with E-state index in [1.165, 1.54) is 0 Å². The number of aromatic nitrogens is 2. The van der Waals surface area contributed by atoms with Gasteiger partial charge in [0.15, 0.2) is 0 Å². The average molecular weight is 242 g/mol. The summed E-state index contributed by atoms with van der Waals surface area (Å²) in [5, 5.41) is 0. The Hall–Kier alpha value is -1.94. The second-order valence-electron chi connectivity index (χ2n) is 4.39. The molecule has 4 N–H and O–H groups in total. The van der Waals surface area contributed by atoms with Crippen molar-refractivity contribution in [3.63, 3.8) is 0 Å². The third-order valence-corrected chi connectivity index (χ3v) is 3.08. The minimum Gasteiger partial charge on any atom is -0.383 e. The number of hydrogen-bond donors (Lipinski definition) is 2. The maximum Gasteiger partial charge on any atom is 0.128 e. The van der Waals surface area contributed by atoms with E-state index in [1.54, 1.807) is 12.4 Å². The van der Waals surface area contributed by atoms with E-state index in [4.69, 9.17) is 11.5 Å². The van der Waals surface area contributed by atoms with Gasteiger partial charge in [-0.2, -0.15) is 0 Å². The van der Waals surface area contributed by atoms with Crippen LogP contribution in [0.1, 0.15) is 35.2 Å². The molecule has 0 amide bonds. The predicted molar refractivity (Wildman–Crippen MR) is 73.0 cm³/mol. The molecule has 1 unspecified atom stereocenters. The number of nitrogens with zero attached hydrogens (tertiary/aromatic N) is 2. The van der Waals surface area contributed by atoms with E-state index >= 15 is 0 Å². The SMILES string of the molecule is CCc1cnccc1C(N)c1cc(C)cnc1N. The Morgan fingerprint density at radius 3 is 2.78 bits per heavy atom. The second kappa shape index (κ2) is 5.14. The normalized spacial score (nSPS) is 12.4. The third kappa shape index (κ3) is 2.33. The fourth-order valence-electron chi connectivity index (χ4n) is 2.06. The zero-order valence-electron chi connectivity index (χ0n) is 10.7. The standard InChI is InChI=1S/C14H18N4/c1-3-10-8-17-5-4-11(10)13(15)12-6-9(2)7-18-14(12)16/h4-8,13H,3,15H2,1-2H3,(H2,16,18). The Morgan fingerprint density at radius 1 is 1.28 bits per heavy atom. The number of rotatable bonds is 3. The molecule has 2 rings (SSSR count). The molecule has 0 aromatic carbocycles. The zero-order valence-corrected chi connectivity index (χ0v) is 10.7. The van der Waals surface area contributed by atoms with Crippen LogP contribution >= 0.6 is 0 Å². The molecule has 0 saturated heterocycles. The van der Waals surface area contributed by atoms with Crippen LogP contribution in [-0.4, -0.2) is 9.97 Å². The lowest BCUT2D eigenvalue weighted by atomic mass is 9.95. The van der Waals surface area contributed by atoms with Crippen molar-refractivity contribution in [2.24, 2.45) is 5.73 Å². The van der Waals surface area contributed by atoms with Crippen molar-refractivity contribution in [2.75, 3.05) is 5.73 Å². The minimum atomic E-state index is -0.254. The predicted octanol–water partition coefficient (Wildman–Crippen LogP) is 1.98. The van der Waals surface area contributed by atoms with Crippen LogP contribution in [-0.2, 0) is 6.42 Å². The van der Waals surface area contributed by atoms with E-state index in [0.717, 1.165) is 28.7 Å². The van der Waals surface area contributed by atoms with Gasteiger partial charge in [-0.15, -0.1) is 0 Å². The van der Waals surface area contributed by atoms with Gasteiger partial charge in [0.2, 0.25) is 0 Å². The van der Waals surface area contributed by atoms with E-state index in [-0.39, 0.29) is 6.04 Å². The van der Waals surface area contributed by atoms with Crippen molar-refractivity contribution < 1.29 is 0 Å². The molecular weight excluding hydrogens is 224 g/mol. The highest BCUT2D eigenvalue weighted by molar-refractivity contribution is 5.48. The summed E-state index contributed by atoms with van der Waals surface area (Å²) in [6.07, 6.45) is 6.26. The quantitative estimate of drug-likeness (QED) is 0.862. The molecule has 0 aliphatic carbocycles. The van der Waals surface area contributed by atoms with Crippen molar-refractivity contribution >= 4 is 5.82 Å². The van der Waals surface area contributed by atoms with Crippen molar-refractivity contribution in [1.82, 2.24) is 9.97 Å². The number of nitrogen functional groups attached to an aromatic ring is 1. The lowest BCUT2D eigenvalue weighted by Crippen LogP contribution is -2.16. The molecule has 2 aromatic heterocycles. The largest absolute Gasteiger partial charge is 0.383 e. The van der Waals surface area contributed by atoms with E-state index in [2.05, 4.69) is 16.9 Å². The smallest absolute Gasteiger partial charge is 0.128 e. The summed E-state index contributed by atoms with van der Waals surface area (Å²) >= 11 is 0. The molecule has 4 nitrogen and oxygen atoms in total. The molecule has 0 saturated carbocycles. The van der Waals surface area contributed by atoms with Gasteiger partial charge < -0.3 is 11.5 Å². The van der Waals surface area contributed by atoms with Crippen LogP contribution in [0.5, 0.6) is 0 Å². The van der Waals surface area contributed by atoms with Crippen LogP contribution < -0.4 is 11.5 Å². The number of nitrogens with two attached hydrogens (primary N) is 2. The number of anilines is 1. The summed E-state index contributed by atoms with van der Waals surface area (Å²) in [5.74, 6) is 0.493. The van der Waals surface area contributed by atoms with Crippen molar-refractivity contribution in [2.45, 2.75) is 26.3 Å². The zero-order chi connectivity index (χ0) is 13.1. The van der Waals surface area contributed by atoms with Gasteiger partial charge in [-0.25, -0.2) is 4.98 Å².